The summed E-state index contributed by atoms with van der Waals surface area (Å²) in [4.78, 5) is 27.1. The van der Waals surface area contributed by atoms with Crippen molar-refractivity contribution in [1.82, 2.24) is 0 Å². The van der Waals surface area contributed by atoms with Crippen LogP contribution in [-0.2, 0) is 16.1 Å². The maximum atomic E-state index is 12.0. The molecule has 2 aromatic carbocycles. The molecule has 0 spiro atoms. The number of oxime groups is 1. The van der Waals surface area contributed by atoms with Crippen LogP contribution in [0.15, 0.2) is 47.6 Å². The molecule has 0 fully saturated rings. The molecule has 1 heterocycles. The van der Waals surface area contributed by atoms with Crippen molar-refractivity contribution >= 4 is 17.4 Å². The highest BCUT2D eigenvalue weighted by atomic mass is 16.7. The summed E-state index contributed by atoms with van der Waals surface area (Å²) in [5, 5.41) is 14.6. The molecule has 0 atom stereocenters. The number of fused-ring (bicyclic) bond motifs is 1. The van der Waals surface area contributed by atoms with Gasteiger partial charge in [0.25, 0.3) is 5.69 Å². The Kier molecular flexibility index (Phi) is 5.12. The van der Waals surface area contributed by atoms with Crippen molar-refractivity contribution in [1.29, 1.82) is 0 Å². The molecule has 0 aliphatic carbocycles. The minimum Gasteiger partial charge on any atom is -0.497 e. The van der Waals surface area contributed by atoms with Gasteiger partial charge in [-0.15, -0.1) is 0 Å². The normalized spacial score (nSPS) is 14.3. The zero-order valence-corrected chi connectivity index (χ0v) is 14.0. The number of hydrogen-bond acceptors (Lipinski definition) is 7. The van der Waals surface area contributed by atoms with Gasteiger partial charge in [0, 0.05) is 30.2 Å². The van der Waals surface area contributed by atoms with E-state index >= 15 is 0 Å². The van der Waals surface area contributed by atoms with Crippen molar-refractivity contribution in [3.63, 3.8) is 0 Å². The van der Waals surface area contributed by atoms with Crippen LogP contribution in [0.1, 0.15) is 17.5 Å². The maximum absolute atomic E-state index is 12.0. The van der Waals surface area contributed by atoms with Gasteiger partial charge in [0.15, 0.2) is 0 Å². The van der Waals surface area contributed by atoms with Gasteiger partial charge in [-0.2, -0.15) is 0 Å². The molecule has 26 heavy (non-hydrogen) atoms. The highest BCUT2D eigenvalue weighted by molar-refractivity contribution is 6.03. The van der Waals surface area contributed by atoms with Crippen molar-refractivity contribution in [3.05, 3.63) is 63.7 Å². The van der Waals surface area contributed by atoms with E-state index in [0.717, 1.165) is 5.56 Å². The lowest BCUT2D eigenvalue weighted by molar-refractivity contribution is -0.384. The first-order valence-electron chi connectivity index (χ1n) is 7.88. The van der Waals surface area contributed by atoms with Crippen LogP contribution in [0.3, 0.4) is 0 Å². The number of ether oxygens (including phenoxy) is 2. The summed E-state index contributed by atoms with van der Waals surface area (Å²) in [6.07, 6.45) is 0.491. The molecule has 1 aliphatic rings. The molecule has 3 rings (SSSR count). The van der Waals surface area contributed by atoms with Crippen LogP contribution in [0.5, 0.6) is 11.5 Å². The van der Waals surface area contributed by atoms with Crippen LogP contribution in [0.25, 0.3) is 0 Å². The number of benzene rings is 2. The predicted octanol–water partition coefficient (Wildman–Crippen LogP) is 2.88. The summed E-state index contributed by atoms with van der Waals surface area (Å²) in [6, 6.07) is 11.1. The molecular weight excluding hydrogens is 340 g/mol. The van der Waals surface area contributed by atoms with Gasteiger partial charge < -0.3 is 14.3 Å². The fourth-order valence-electron chi connectivity index (χ4n) is 2.52. The van der Waals surface area contributed by atoms with Gasteiger partial charge in [-0.05, 0) is 17.7 Å². The van der Waals surface area contributed by atoms with E-state index in [-0.39, 0.29) is 12.1 Å². The number of hydrogen-bond donors (Lipinski definition) is 0. The fraction of sp³-hybridized carbons (Fsp3) is 0.222. The molecule has 0 saturated heterocycles. The number of methoxy groups -OCH3 is 1. The Labute approximate surface area is 149 Å². The third-order valence-corrected chi connectivity index (χ3v) is 3.85. The summed E-state index contributed by atoms with van der Waals surface area (Å²) in [5.41, 5.74) is 1.95. The second-order valence-electron chi connectivity index (χ2n) is 5.56. The molecule has 0 saturated carbocycles. The second kappa shape index (κ2) is 7.64. The zero-order chi connectivity index (χ0) is 18.5. The van der Waals surface area contributed by atoms with Crippen molar-refractivity contribution in [2.45, 2.75) is 12.8 Å². The molecular formula is C18H16N2O6. The molecule has 0 unspecified atom stereocenters. The van der Waals surface area contributed by atoms with Gasteiger partial charge in [0.2, 0.25) is 0 Å². The van der Waals surface area contributed by atoms with E-state index < -0.39 is 10.9 Å². The van der Waals surface area contributed by atoms with E-state index in [1.165, 1.54) is 24.3 Å². The van der Waals surface area contributed by atoms with Gasteiger partial charge in [-0.3, -0.25) is 10.1 Å². The maximum Gasteiger partial charge on any atom is 0.339 e. The highest BCUT2D eigenvalue weighted by Crippen LogP contribution is 2.29. The summed E-state index contributed by atoms with van der Waals surface area (Å²) in [6.45, 7) is 0.429. The largest absolute Gasteiger partial charge is 0.497 e. The number of carbonyl (C=O) groups is 1. The number of rotatable bonds is 5. The minimum atomic E-state index is -0.548. The van der Waals surface area contributed by atoms with Crippen LogP contribution in [0.4, 0.5) is 5.69 Å². The van der Waals surface area contributed by atoms with Gasteiger partial charge in [-0.25, -0.2) is 4.79 Å². The van der Waals surface area contributed by atoms with Crippen LogP contribution in [-0.4, -0.2) is 30.3 Å². The van der Waals surface area contributed by atoms with Crippen LogP contribution < -0.4 is 9.47 Å². The first-order valence-corrected chi connectivity index (χ1v) is 7.88. The first-order chi connectivity index (χ1) is 12.6. The molecule has 0 N–H and O–H groups in total. The topological polar surface area (TPSA) is 100 Å². The Morgan fingerprint density at radius 2 is 2.04 bits per heavy atom. The Morgan fingerprint density at radius 3 is 2.73 bits per heavy atom. The summed E-state index contributed by atoms with van der Waals surface area (Å²) < 4.78 is 10.7. The van der Waals surface area contributed by atoms with Gasteiger partial charge in [0.1, 0.15) is 11.5 Å². The Balaban J connectivity index is 1.66. The van der Waals surface area contributed by atoms with E-state index in [0.29, 0.717) is 35.8 Å². The smallest absolute Gasteiger partial charge is 0.339 e. The molecule has 0 amide bonds. The molecule has 8 nitrogen and oxygen atoms in total. The molecule has 134 valence electrons. The molecule has 0 radical (unpaired) electrons. The lowest BCUT2D eigenvalue weighted by Gasteiger charge is -2.19. The van der Waals surface area contributed by atoms with E-state index in [1.807, 2.05) is 0 Å². The zero-order valence-electron chi connectivity index (χ0n) is 14.0. The Bertz CT molecular complexity index is 860. The van der Waals surface area contributed by atoms with Gasteiger partial charge in [0.05, 0.1) is 30.8 Å². The van der Waals surface area contributed by atoms with Crippen molar-refractivity contribution in [3.8, 4) is 11.5 Å². The average molecular weight is 356 g/mol. The second-order valence-corrected chi connectivity index (χ2v) is 5.56. The molecule has 8 heteroatoms. The SMILES string of the molecule is COc1ccc2c(c1)OCCC2=NOC(=O)Cc1ccc([N+](=O)[O-])cc1. The fourth-order valence-corrected chi connectivity index (χ4v) is 2.52. The number of nitrogens with zero attached hydrogens (tertiary/aromatic N) is 2. The van der Waals surface area contributed by atoms with Gasteiger partial charge in [-0.1, -0.05) is 17.3 Å². The quantitative estimate of drug-likeness (QED) is 0.464. The highest BCUT2D eigenvalue weighted by Gasteiger charge is 2.19. The van der Waals surface area contributed by atoms with Gasteiger partial charge >= 0.3 is 5.97 Å². The van der Waals surface area contributed by atoms with Crippen molar-refractivity contribution in [2.75, 3.05) is 13.7 Å². The van der Waals surface area contributed by atoms with E-state index in [2.05, 4.69) is 5.16 Å². The van der Waals surface area contributed by atoms with Crippen LogP contribution >= 0.6 is 0 Å². The van der Waals surface area contributed by atoms with E-state index in [9.17, 15) is 14.9 Å². The first kappa shape index (κ1) is 17.4. The third-order valence-electron chi connectivity index (χ3n) is 3.85. The van der Waals surface area contributed by atoms with E-state index in [4.69, 9.17) is 14.3 Å². The number of non-ortho nitro benzene ring substituents is 1. The van der Waals surface area contributed by atoms with Crippen molar-refractivity contribution in [2.24, 2.45) is 5.16 Å². The average Bonchev–Trinajstić information content (AvgIpc) is 2.66. The monoisotopic (exact) mass is 356 g/mol. The predicted molar refractivity (Wildman–Crippen MR) is 92.5 cm³/mol. The Morgan fingerprint density at radius 1 is 1.27 bits per heavy atom. The molecule has 1 aliphatic heterocycles. The number of nitro groups is 1. The standard InChI is InChI=1S/C18H16N2O6/c1-24-14-6-7-15-16(8-9-25-17(15)11-14)19-26-18(21)10-12-2-4-13(5-3-12)20(22)23/h2-7,11H,8-10H2,1H3. The van der Waals surface area contributed by atoms with Crippen LogP contribution in [0.2, 0.25) is 0 Å². The molecule has 2 aromatic rings. The molecule has 0 aromatic heterocycles. The lowest BCUT2D eigenvalue weighted by atomic mass is 10.0. The third kappa shape index (κ3) is 3.97. The molecule has 0 bridgehead atoms. The Hall–Kier alpha value is -3.42. The lowest BCUT2D eigenvalue weighted by Crippen LogP contribution is -2.17. The van der Waals surface area contributed by atoms with E-state index in [1.54, 1.807) is 25.3 Å². The number of carbonyl (C=O) groups excluding carboxylic acids is 1. The minimum absolute atomic E-state index is 0.0270. The summed E-state index contributed by atoms with van der Waals surface area (Å²) in [7, 11) is 1.57. The van der Waals surface area contributed by atoms with Crippen molar-refractivity contribution < 1.29 is 24.0 Å². The number of nitro benzene ring substituents is 1. The summed E-state index contributed by atoms with van der Waals surface area (Å²) >= 11 is 0. The summed E-state index contributed by atoms with van der Waals surface area (Å²) in [5.74, 6) is 0.744. The van der Waals surface area contributed by atoms with Crippen LogP contribution in [0, 0.1) is 10.1 Å².